The third kappa shape index (κ3) is 2.75. The Morgan fingerprint density at radius 2 is 2.05 bits per heavy atom. The predicted octanol–water partition coefficient (Wildman–Crippen LogP) is 2.49. The molecule has 1 amide bonds. The Kier molecular flexibility index (Phi) is 4.10. The molecule has 0 saturated heterocycles. The van der Waals surface area contributed by atoms with E-state index in [1.54, 1.807) is 0 Å². The first kappa shape index (κ1) is 13.7. The minimum absolute atomic E-state index is 0.000302. The Hall–Kier alpha value is -1.29. The zero-order chi connectivity index (χ0) is 13.9. The number of hydrogen-bond acceptors (Lipinski definition) is 2. The summed E-state index contributed by atoms with van der Waals surface area (Å²) in [6.45, 7) is 0.593. The number of carbonyl (C=O) groups is 1. The summed E-state index contributed by atoms with van der Waals surface area (Å²) in [5.74, 6) is 0.222. The molecule has 2 saturated carbocycles. The van der Waals surface area contributed by atoms with Crippen LogP contribution < -0.4 is 5.32 Å². The molecule has 0 radical (unpaired) electrons. The molecule has 1 heterocycles. The summed E-state index contributed by atoms with van der Waals surface area (Å²) in [5, 5.41) is 13.0. The monoisotopic (exact) mass is 276 g/mol. The quantitative estimate of drug-likeness (QED) is 0.887. The number of aliphatic hydroxyl groups excluding tert-OH is 1. The summed E-state index contributed by atoms with van der Waals surface area (Å²) < 4.78 is 2.11. The van der Waals surface area contributed by atoms with E-state index in [-0.39, 0.29) is 17.9 Å². The number of carbonyl (C=O) groups excluding carboxylic acids is 1. The lowest BCUT2D eigenvalue weighted by molar-refractivity contribution is 0.0659. The fourth-order valence-corrected chi connectivity index (χ4v) is 3.31. The standard InChI is InChI=1S/C16H24N2O2/c19-15-9-2-1-5-12(15)11-17-16(20)14-8-4-10-18(14)13-6-3-7-13/h4,8,10,12-13,15,19H,1-3,5-7,9,11H2,(H,17,20). The molecule has 4 nitrogen and oxygen atoms in total. The summed E-state index contributed by atoms with van der Waals surface area (Å²) in [6.07, 6.45) is 9.54. The average molecular weight is 276 g/mol. The van der Waals surface area contributed by atoms with Crippen LogP contribution in [-0.4, -0.2) is 28.2 Å². The van der Waals surface area contributed by atoms with Crippen LogP contribution in [0.4, 0.5) is 0 Å². The number of rotatable bonds is 4. The van der Waals surface area contributed by atoms with Gasteiger partial charge in [-0.1, -0.05) is 12.8 Å². The Balaban J connectivity index is 1.57. The first-order chi connectivity index (χ1) is 9.75. The number of aliphatic hydroxyl groups is 1. The van der Waals surface area contributed by atoms with Gasteiger partial charge in [0, 0.05) is 24.7 Å². The van der Waals surface area contributed by atoms with Gasteiger partial charge in [0.1, 0.15) is 5.69 Å². The van der Waals surface area contributed by atoms with Gasteiger partial charge in [0.15, 0.2) is 0 Å². The molecule has 0 bridgehead atoms. The third-order valence-corrected chi connectivity index (χ3v) is 4.87. The maximum absolute atomic E-state index is 12.3. The van der Waals surface area contributed by atoms with Crippen LogP contribution >= 0.6 is 0 Å². The Morgan fingerprint density at radius 3 is 2.75 bits per heavy atom. The maximum Gasteiger partial charge on any atom is 0.267 e. The van der Waals surface area contributed by atoms with E-state index in [0.717, 1.165) is 31.4 Å². The molecule has 1 aromatic rings. The van der Waals surface area contributed by atoms with E-state index in [2.05, 4.69) is 9.88 Å². The highest BCUT2D eigenvalue weighted by atomic mass is 16.3. The molecule has 2 atom stereocenters. The molecule has 2 fully saturated rings. The second-order valence-electron chi connectivity index (χ2n) is 6.21. The number of nitrogens with one attached hydrogen (secondary N) is 1. The van der Waals surface area contributed by atoms with Crippen molar-refractivity contribution in [3.63, 3.8) is 0 Å². The largest absolute Gasteiger partial charge is 0.393 e. The van der Waals surface area contributed by atoms with Crippen LogP contribution in [-0.2, 0) is 0 Å². The second kappa shape index (κ2) is 6.00. The lowest BCUT2D eigenvalue weighted by Gasteiger charge is -2.30. The van der Waals surface area contributed by atoms with Gasteiger partial charge < -0.3 is 15.0 Å². The van der Waals surface area contributed by atoms with E-state index in [1.807, 2.05) is 18.3 Å². The molecule has 20 heavy (non-hydrogen) atoms. The SMILES string of the molecule is O=C(NCC1CCCCC1O)c1cccn1C1CCC1. The molecule has 2 aliphatic carbocycles. The van der Waals surface area contributed by atoms with E-state index in [0.29, 0.717) is 12.6 Å². The Labute approximate surface area is 120 Å². The van der Waals surface area contributed by atoms with Crippen LogP contribution in [0.15, 0.2) is 18.3 Å². The number of aromatic nitrogens is 1. The predicted molar refractivity (Wildman–Crippen MR) is 77.6 cm³/mol. The van der Waals surface area contributed by atoms with E-state index >= 15 is 0 Å². The molecule has 2 N–H and O–H groups in total. The smallest absolute Gasteiger partial charge is 0.267 e. The molecule has 2 unspecified atom stereocenters. The van der Waals surface area contributed by atoms with Gasteiger partial charge in [-0.3, -0.25) is 4.79 Å². The Bertz CT molecular complexity index is 465. The van der Waals surface area contributed by atoms with Crippen molar-refractivity contribution in [3.8, 4) is 0 Å². The molecular formula is C16H24N2O2. The minimum atomic E-state index is -0.248. The maximum atomic E-state index is 12.3. The van der Waals surface area contributed by atoms with Crippen molar-refractivity contribution in [1.82, 2.24) is 9.88 Å². The third-order valence-electron chi connectivity index (χ3n) is 4.87. The van der Waals surface area contributed by atoms with Gasteiger partial charge in [0.05, 0.1) is 6.10 Å². The molecule has 2 aliphatic rings. The van der Waals surface area contributed by atoms with Gasteiger partial charge >= 0.3 is 0 Å². The highest BCUT2D eigenvalue weighted by Gasteiger charge is 2.25. The summed E-state index contributed by atoms with van der Waals surface area (Å²) in [6, 6.07) is 4.35. The molecule has 1 aromatic heterocycles. The normalized spacial score (nSPS) is 27.1. The van der Waals surface area contributed by atoms with Gasteiger partial charge in [-0.15, -0.1) is 0 Å². The summed E-state index contributed by atoms with van der Waals surface area (Å²) in [5.41, 5.74) is 0.764. The van der Waals surface area contributed by atoms with Crippen LogP contribution in [0, 0.1) is 5.92 Å². The van der Waals surface area contributed by atoms with Crippen LogP contribution in [0.2, 0.25) is 0 Å². The highest BCUT2D eigenvalue weighted by Crippen LogP contribution is 2.32. The summed E-state index contributed by atoms with van der Waals surface area (Å²) >= 11 is 0. The lowest BCUT2D eigenvalue weighted by Crippen LogP contribution is -2.37. The minimum Gasteiger partial charge on any atom is -0.393 e. The highest BCUT2D eigenvalue weighted by molar-refractivity contribution is 5.92. The average Bonchev–Trinajstić information content (AvgIpc) is 2.84. The Morgan fingerprint density at radius 1 is 1.25 bits per heavy atom. The van der Waals surface area contributed by atoms with Crippen molar-refractivity contribution >= 4 is 5.91 Å². The van der Waals surface area contributed by atoms with Crippen LogP contribution in [0.5, 0.6) is 0 Å². The number of hydrogen-bond donors (Lipinski definition) is 2. The van der Waals surface area contributed by atoms with Crippen molar-refractivity contribution in [2.45, 2.75) is 57.1 Å². The zero-order valence-corrected chi connectivity index (χ0v) is 11.9. The fraction of sp³-hybridized carbons (Fsp3) is 0.688. The van der Waals surface area contributed by atoms with Crippen molar-refractivity contribution < 1.29 is 9.90 Å². The van der Waals surface area contributed by atoms with Crippen molar-refractivity contribution in [2.75, 3.05) is 6.54 Å². The van der Waals surface area contributed by atoms with Gasteiger partial charge in [-0.25, -0.2) is 0 Å². The molecule has 110 valence electrons. The first-order valence-corrected chi connectivity index (χ1v) is 7.89. The van der Waals surface area contributed by atoms with Crippen molar-refractivity contribution in [1.29, 1.82) is 0 Å². The molecular weight excluding hydrogens is 252 g/mol. The molecule has 0 spiro atoms. The zero-order valence-electron chi connectivity index (χ0n) is 11.9. The van der Waals surface area contributed by atoms with Crippen molar-refractivity contribution in [3.05, 3.63) is 24.0 Å². The van der Waals surface area contributed by atoms with E-state index in [1.165, 1.54) is 19.3 Å². The lowest BCUT2D eigenvalue weighted by atomic mass is 9.86. The van der Waals surface area contributed by atoms with Crippen LogP contribution in [0.3, 0.4) is 0 Å². The van der Waals surface area contributed by atoms with Gasteiger partial charge in [-0.2, -0.15) is 0 Å². The molecule has 4 heteroatoms. The van der Waals surface area contributed by atoms with E-state index in [9.17, 15) is 9.90 Å². The van der Waals surface area contributed by atoms with Crippen LogP contribution in [0.25, 0.3) is 0 Å². The number of amides is 1. The van der Waals surface area contributed by atoms with E-state index in [4.69, 9.17) is 0 Å². The topological polar surface area (TPSA) is 54.3 Å². The fourth-order valence-electron chi connectivity index (χ4n) is 3.31. The van der Waals surface area contributed by atoms with E-state index < -0.39 is 0 Å². The van der Waals surface area contributed by atoms with Crippen LogP contribution in [0.1, 0.15) is 61.5 Å². The summed E-state index contributed by atoms with van der Waals surface area (Å²) in [7, 11) is 0. The summed E-state index contributed by atoms with van der Waals surface area (Å²) in [4.78, 5) is 12.3. The van der Waals surface area contributed by atoms with Gasteiger partial charge in [-0.05, 0) is 44.2 Å². The molecule has 3 rings (SSSR count). The second-order valence-corrected chi connectivity index (χ2v) is 6.21. The van der Waals surface area contributed by atoms with Gasteiger partial charge in [0.25, 0.3) is 5.91 Å². The number of nitrogens with zero attached hydrogens (tertiary/aromatic N) is 1. The molecule has 0 aliphatic heterocycles. The van der Waals surface area contributed by atoms with Crippen molar-refractivity contribution in [2.24, 2.45) is 5.92 Å². The molecule has 0 aromatic carbocycles. The van der Waals surface area contributed by atoms with Gasteiger partial charge in [0.2, 0.25) is 0 Å². The first-order valence-electron chi connectivity index (χ1n) is 7.89.